The van der Waals surface area contributed by atoms with Crippen LogP contribution in [0.1, 0.15) is 30.4 Å². The maximum atomic E-state index is 15.2. The number of urea groups is 1. The van der Waals surface area contributed by atoms with Crippen molar-refractivity contribution < 1.29 is 18.7 Å². The van der Waals surface area contributed by atoms with Gasteiger partial charge in [0.25, 0.3) is 0 Å². The highest BCUT2D eigenvalue weighted by Crippen LogP contribution is 2.44. The van der Waals surface area contributed by atoms with Crippen LogP contribution in [0.5, 0.6) is 0 Å². The average molecular weight is 485 g/mol. The van der Waals surface area contributed by atoms with Crippen LogP contribution in [0.4, 0.5) is 9.18 Å². The second kappa shape index (κ2) is 10.4. The molecule has 1 N–H and O–H groups in total. The van der Waals surface area contributed by atoms with Gasteiger partial charge in [-0.15, -0.1) is 0 Å². The highest BCUT2D eigenvalue weighted by atomic mass is 19.1. The van der Waals surface area contributed by atoms with E-state index in [1.54, 1.807) is 11.0 Å². The summed E-state index contributed by atoms with van der Waals surface area (Å²) in [5, 5.41) is 3.02. The van der Waals surface area contributed by atoms with E-state index >= 15 is 4.39 Å². The Labute approximate surface area is 210 Å². The third-order valence-electron chi connectivity index (χ3n) is 7.18. The Morgan fingerprint density at radius 1 is 0.972 bits per heavy atom. The number of nitrogens with zero attached hydrogens (tertiary/aromatic N) is 1. The molecule has 6 heteroatoms. The summed E-state index contributed by atoms with van der Waals surface area (Å²) < 4.78 is 20.3. The summed E-state index contributed by atoms with van der Waals surface area (Å²) in [4.78, 5) is 27.9. The molecule has 2 bridgehead atoms. The zero-order valence-corrected chi connectivity index (χ0v) is 20.2. The van der Waals surface area contributed by atoms with Crippen LogP contribution >= 0.6 is 0 Å². The van der Waals surface area contributed by atoms with Gasteiger partial charge in [-0.1, -0.05) is 72.8 Å². The largest absolute Gasteiger partial charge is 0.466 e. The van der Waals surface area contributed by atoms with Crippen molar-refractivity contribution in [2.75, 3.05) is 13.7 Å². The van der Waals surface area contributed by atoms with Crippen molar-refractivity contribution >= 4 is 17.6 Å². The average Bonchev–Trinajstić information content (AvgIpc) is 3.22. The van der Waals surface area contributed by atoms with Crippen LogP contribution in [0.2, 0.25) is 0 Å². The molecule has 3 aromatic carbocycles. The maximum absolute atomic E-state index is 15.2. The number of methoxy groups -OCH3 is 1. The number of carbonyl (C=O) groups excluding carboxylic acids is 2. The van der Waals surface area contributed by atoms with Gasteiger partial charge in [0.05, 0.1) is 18.7 Å². The summed E-state index contributed by atoms with van der Waals surface area (Å²) in [6, 6.07) is 23.9. The van der Waals surface area contributed by atoms with E-state index in [0.717, 1.165) is 29.5 Å². The number of hydrogen-bond acceptors (Lipinski definition) is 3. The Kier molecular flexibility index (Phi) is 6.85. The van der Waals surface area contributed by atoms with Crippen LogP contribution < -0.4 is 5.32 Å². The lowest BCUT2D eigenvalue weighted by Gasteiger charge is -2.37. The Morgan fingerprint density at radius 3 is 2.39 bits per heavy atom. The Balaban J connectivity index is 1.40. The lowest BCUT2D eigenvalue weighted by atomic mass is 9.87. The predicted molar refractivity (Wildman–Crippen MR) is 138 cm³/mol. The monoisotopic (exact) mass is 484 g/mol. The molecule has 2 aliphatic rings. The first-order chi connectivity index (χ1) is 17.6. The Morgan fingerprint density at radius 2 is 1.69 bits per heavy atom. The first kappa shape index (κ1) is 23.8. The topological polar surface area (TPSA) is 58.6 Å². The minimum Gasteiger partial charge on any atom is -0.466 e. The molecule has 36 heavy (non-hydrogen) atoms. The van der Waals surface area contributed by atoms with Crippen LogP contribution in [0.3, 0.4) is 0 Å². The van der Waals surface area contributed by atoms with Crippen molar-refractivity contribution in [2.24, 2.45) is 0 Å². The van der Waals surface area contributed by atoms with E-state index in [9.17, 15) is 9.59 Å². The first-order valence-corrected chi connectivity index (χ1v) is 12.3. The number of rotatable bonds is 6. The third kappa shape index (κ3) is 4.63. The molecule has 1 saturated heterocycles. The van der Waals surface area contributed by atoms with E-state index in [0.29, 0.717) is 36.1 Å². The number of ether oxygens (including phenoxy) is 1. The minimum absolute atomic E-state index is 0.0491. The molecule has 5 rings (SSSR count). The molecule has 3 aromatic rings. The van der Waals surface area contributed by atoms with E-state index < -0.39 is 5.97 Å². The highest BCUT2D eigenvalue weighted by molar-refractivity contribution is 6.01. The van der Waals surface area contributed by atoms with Crippen molar-refractivity contribution in [1.29, 1.82) is 0 Å². The number of hydrogen-bond donors (Lipinski definition) is 1. The quantitative estimate of drug-likeness (QED) is 0.463. The lowest BCUT2D eigenvalue weighted by molar-refractivity contribution is -0.136. The fourth-order valence-corrected chi connectivity index (χ4v) is 5.47. The number of carbonyl (C=O) groups is 2. The second-order valence-electron chi connectivity index (χ2n) is 9.27. The summed E-state index contributed by atoms with van der Waals surface area (Å²) in [6.45, 7) is 0.509. The number of halogens is 1. The summed E-state index contributed by atoms with van der Waals surface area (Å²) in [5.74, 6) is -0.811. The fraction of sp³-hybridized carbons (Fsp3) is 0.267. The standard InChI is InChI=1S/C30H29FN2O3/c1-36-29(34)28-25(22-12-14-24(26(31)18-22)21-10-6-3-7-11-21)19-23-13-15-27(28)33(23)30(35)32-17-16-20-8-4-2-5-9-20/h2-12,14,18,23,27H,13,15-17,19H2,1H3,(H,32,35). The van der Waals surface area contributed by atoms with Crippen LogP contribution in [-0.2, 0) is 16.0 Å². The van der Waals surface area contributed by atoms with Crippen LogP contribution in [-0.4, -0.2) is 42.6 Å². The smallest absolute Gasteiger partial charge is 0.336 e. The molecule has 0 aliphatic carbocycles. The number of amides is 2. The second-order valence-corrected chi connectivity index (χ2v) is 9.27. The van der Waals surface area contributed by atoms with Crippen molar-refractivity contribution in [3.63, 3.8) is 0 Å². The zero-order chi connectivity index (χ0) is 25.1. The molecule has 1 fully saturated rings. The van der Waals surface area contributed by atoms with E-state index in [1.165, 1.54) is 13.2 Å². The Bertz CT molecular complexity index is 1290. The van der Waals surface area contributed by atoms with E-state index in [-0.39, 0.29) is 23.9 Å². The van der Waals surface area contributed by atoms with Gasteiger partial charge in [-0.3, -0.25) is 0 Å². The van der Waals surface area contributed by atoms with E-state index in [2.05, 4.69) is 5.32 Å². The van der Waals surface area contributed by atoms with Gasteiger partial charge < -0.3 is 15.0 Å². The predicted octanol–water partition coefficient (Wildman–Crippen LogP) is 5.61. The van der Waals surface area contributed by atoms with Crippen molar-refractivity contribution in [2.45, 2.75) is 37.8 Å². The van der Waals surface area contributed by atoms with Crippen molar-refractivity contribution in [3.8, 4) is 11.1 Å². The molecule has 2 heterocycles. The van der Waals surface area contributed by atoms with Crippen molar-refractivity contribution in [3.05, 3.63) is 101 Å². The molecule has 0 spiro atoms. The van der Waals surface area contributed by atoms with Crippen molar-refractivity contribution in [1.82, 2.24) is 10.2 Å². The van der Waals surface area contributed by atoms with Crippen LogP contribution in [0.15, 0.2) is 84.4 Å². The molecule has 184 valence electrons. The van der Waals surface area contributed by atoms with Gasteiger partial charge in [0.15, 0.2) is 0 Å². The third-order valence-corrected chi connectivity index (χ3v) is 7.18. The van der Waals surface area contributed by atoms with Gasteiger partial charge in [-0.25, -0.2) is 14.0 Å². The first-order valence-electron chi connectivity index (χ1n) is 12.3. The molecule has 2 aliphatic heterocycles. The van der Waals surface area contributed by atoms with Gasteiger partial charge in [-0.05, 0) is 54.0 Å². The molecule has 2 amide bonds. The summed E-state index contributed by atoms with van der Waals surface area (Å²) in [7, 11) is 1.34. The molecule has 5 nitrogen and oxygen atoms in total. The highest BCUT2D eigenvalue weighted by Gasteiger charge is 2.46. The van der Waals surface area contributed by atoms with Gasteiger partial charge in [0.2, 0.25) is 0 Å². The molecule has 0 radical (unpaired) electrons. The molecule has 0 aromatic heterocycles. The van der Waals surface area contributed by atoms with Gasteiger partial charge in [0.1, 0.15) is 5.82 Å². The number of nitrogens with one attached hydrogen (secondary N) is 1. The summed E-state index contributed by atoms with van der Waals surface area (Å²) in [6.07, 6.45) is 2.67. The molecule has 2 atom stereocenters. The minimum atomic E-state index is -0.468. The van der Waals surface area contributed by atoms with Crippen LogP contribution in [0.25, 0.3) is 16.7 Å². The Hall–Kier alpha value is -3.93. The molecular formula is C30H29FN2O3. The van der Waals surface area contributed by atoms with E-state index in [1.807, 2.05) is 66.7 Å². The fourth-order valence-electron chi connectivity index (χ4n) is 5.47. The molecular weight excluding hydrogens is 455 g/mol. The van der Waals surface area contributed by atoms with Gasteiger partial charge in [-0.2, -0.15) is 0 Å². The maximum Gasteiger partial charge on any atom is 0.336 e. The molecule has 0 saturated carbocycles. The molecule has 2 unspecified atom stereocenters. The SMILES string of the molecule is COC(=O)C1=C(c2ccc(-c3ccccc3)c(F)c2)CC2CCC1N2C(=O)NCCc1ccccc1. The van der Waals surface area contributed by atoms with E-state index in [4.69, 9.17) is 4.74 Å². The lowest BCUT2D eigenvalue weighted by Crippen LogP contribution is -2.51. The van der Waals surface area contributed by atoms with Gasteiger partial charge >= 0.3 is 12.0 Å². The van der Waals surface area contributed by atoms with Crippen LogP contribution in [0, 0.1) is 5.82 Å². The summed E-state index contributed by atoms with van der Waals surface area (Å²) >= 11 is 0. The summed E-state index contributed by atoms with van der Waals surface area (Å²) in [5.41, 5.74) is 4.34. The number of esters is 1. The normalized spacial score (nSPS) is 18.8. The number of benzene rings is 3. The van der Waals surface area contributed by atoms with Gasteiger partial charge in [0, 0.05) is 18.2 Å². The zero-order valence-electron chi connectivity index (χ0n) is 20.2. The number of fused-ring (bicyclic) bond motifs is 2.